The Morgan fingerprint density at radius 3 is 2.28 bits per heavy atom. The molecule has 0 radical (unpaired) electrons. The van der Waals surface area contributed by atoms with Gasteiger partial charge in [0.15, 0.2) is 0 Å². The summed E-state index contributed by atoms with van der Waals surface area (Å²) >= 11 is 0. The quantitative estimate of drug-likeness (QED) is 0.650. The molecule has 6 nitrogen and oxygen atoms in total. The van der Waals surface area contributed by atoms with Gasteiger partial charge in [-0.2, -0.15) is 4.31 Å². The average molecular weight is 278 g/mol. The van der Waals surface area contributed by atoms with Gasteiger partial charge >= 0.3 is 5.97 Å². The van der Waals surface area contributed by atoms with Gasteiger partial charge in [-0.1, -0.05) is 6.92 Å². The Balaban J connectivity index is 2.38. The van der Waals surface area contributed by atoms with Crippen LogP contribution in [0.2, 0.25) is 0 Å². The Kier molecular flexibility index (Phi) is 5.55. The van der Waals surface area contributed by atoms with E-state index in [-0.39, 0.29) is 11.9 Å². The molecule has 7 heteroatoms. The molecule has 1 rings (SSSR count). The van der Waals surface area contributed by atoms with Crippen molar-refractivity contribution >= 4 is 16.0 Å². The summed E-state index contributed by atoms with van der Waals surface area (Å²) in [6.45, 7) is 6.95. The smallest absolute Gasteiger partial charge is 0.309 e. The molecule has 18 heavy (non-hydrogen) atoms. The van der Waals surface area contributed by atoms with Crippen molar-refractivity contribution in [2.45, 2.75) is 13.8 Å². The lowest BCUT2D eigenvalue weighted by atomic mass is 10.1. The van der Waals surface area contributed by atoms with Crippen molar-refractivity contribution in [2.75, 3.05) is 45.6 Å². The molecule has 0 aromatic rings. The molecule has 0 N–H and O–H groups in total. The largest absolute Gasteiger partial charge is 0.466 e. The third-order valence-electron chi connectivity index (χ3n) is 3.02. The second kappa shape index (κ2) is 6.49. The summed E-state index contributed by atoms with van der Waals surface area (Å²) in [5.41, 5.74) is 0. The topological polar surface area (TPSA) is 66.9 Å². The zero-order valence-electron chi connectivity index (χ0n) is 11.3. The number of rotatable bonds is 5. The number of carbonyl (C=O) groups is 1. The van der Waals surface area contributed by atoms with E-state index in [4.69, 9.17) is 4.74 Å². The van der Waals surface area contributed by atoms with Gasteiger partial charge in [0, 0.05) is 32.7 Å². The highest BCUT2D eigenvalue weighted by Crippen LogP contribution is 2.09. The maximum absolute atomic E-state index is 11.5. The Morgan fingerprint density at radius 2 is 1.83 bits per heavy atom. The molecule has 0 aliphatic carbocycles. The minimum absolute atomic E-state index is 0.172. The van der Waals surface area contributed by atoms with Crippen molar-refractivity contribution in [1.29, 1.82) is 0 Å². The highest BCUT2D eigenvalue weighted by molar-refractivity contribution is 7.88. The van der Waals surface area contributed by atoms with Gasteiger partial charge < -0.3 is 4.74 Å². The summed E-state index contributed by atoms with van der Waals surface area (Å²) in [5, 5.41) is 0. The first-order valence-corrected chi connectivity index (χ1v) is 8.03. The molecule has 1 fully saturated rings. The summed E-state index contributed by atoms with van der Waals surface area (Å²) < 4.78 is 29.1. The van der Waals surface area contributed by atoms with E-state index in [2.05, 4.69) is 4.90 Å². The van der Waals surface area contributed by atoms with Crippen molar-refractivity contribution in [1.82, 2.24) is 9.21 Å². The molecule has 1 aliphatic heterocycles. The highest BCUT2D eigenvalue weighted by Gasteiger charge is 2.25. The number of esters is 1. The number of ether oxygens (including phenoxy) is 1. The molecular weight excluding hydrogens is 256 g/mol. The van der Waals surface area contributed by atoms with Crippen molar-refractivity contribution in [3.63, 3.8) is 0 Å². The maximum atomic E-state index is 11.5. The van der Waals surface area contributed by atoms with Gasteiger partial charge in [-0.3, -0.25) is 9.69 Å². The van der Waals surface area contributed by atoms with Gasteiger partial charge in [0.25, 0.3) is 0 Å². The van der Waals surface area contributed by atoms with E-state index < -0.39 is 10.0 Å². The van der Waals surface area contributed by atoms with Gasteiger partial charge in [-0.25, -0.2) is 8.42 Å². The van der Waals surface area contributed by atoms with Crippen LogP contribution in [0.25, 0.3) is 0 Å². The standard InChI is InChI=1S/C11H22N2O4S/c1-4-17-11(14)10(2)9-12-5-7-13(8-6-12)18(3,15)16/h10H,4-9H2,1-3H3. The third-order valence-corrected chi connectivity index (χ3v) is 4.32. The van der Waals surface area contributed by atoms with E-state index in [9.17, 15) is 13.2 Å². The molecule has 0 spiro atoms. The third kappa shape index (κ3) is 4.55. The molecule has 0 bridgehead atoms. The van der Waals surface area contributed by atoms with Gasteiger partial charge in [0.05, 0.1) is 18.8 Å². The molecular formula is C11H22N2O4S. The number of carbonyl (C=O) groups excluding carboxylic acids is 1. The minimum atomic E-state index is -3.09. The van der Waals surface area contributed by atoms with Crippen molar-refractivity contribution in [2.24, 2.45) is 5.92 Å². The van der Waals surface area contributed by atoms with Crippen molar-refractivity contribution in [3.8, 4) is 0 Å². The summed E-state index contributed by atoms with van der Waals surface area (Å²) in [7, 11) is -3.09. The van der Waals surface area contributed by atoms with Crippen LogP contribution < -0.4 is 0 Å². The summed E-state index contributed by atoms with van der Waals surface area (Å²) in [6.07, 6.45) is 1.23. The number of sulfonamides is 1. The zero-order chi connectivity index (χ0) is 13.8. The second-order valence-electron chi connectivity index (χ2n) is 4.62. The summed E-state index contributed by atoms with van der Waals surface area (Å²) in [5.74, 6) is -0.363. The maximum Gasteiger partial charge on any atom is 0.309 e. The number of hydrogen-bond acceptors (Lipinski definition) is 5. The van der Waals surface area contributed by atoms with Crippen LogP contribution in [0.5, 0.6) is 0 Å². The molecule has 0 amide bonds. The van der Waals surface area contributed by atoms with Crippen LogP contribution in [0, 0.1) is 5.92 Å². The van der Waals surface area contributed by atoms with Crippen LogP contribution in [-0.2, 0) is 19.6 Å². The van der Waals surface area contributed by atoms with Gasteiger partial charge in [-0.15, -0.1) is 0 Å². The first kappa shape index (κ1) is 15.4. The fourth-order valence-electron chi connectivity index (χ4n) is 1.99. The fourth-order valence-corrected chi connectivity index (χ4v) is 2.82. The van der Waals surface area contributed by atoms with Gasteiger partial charge in [0.2, 0.25) is 10.0 Å². The molecule has 1 atom stereocenters. The number of piperazine rings is 1. The average Bonchev–Trinajstić information content (AvgIpc) is 2.28. The van der Waals surface area contributed by atoms with E-state index >= 15 is 0 Å². The zero-order valence-corrected chi connectivity index (χ0v) is 12.1. The summed E-state index contributed by atoms with van der Waals surface area (Å²) in [4.78, 5) is 13.6. The summed E-state index contributed by atoms with van der Waals surface area (Å²) in [6, 6.07) is 0. The van der Waals surface area contributed by atoms with E-state index in [1.54, 1.807) is 6.92 Å². The SMILES string of the molecule is CCOC(=O)C(C)CN1CCN(S(C)(=O)=O)CC1. The van der Waals surface area contributed by atoms with Gasteiger partial charge in [0.1, 0.15) is 0 Å². The van der Waals surface area contributed by atoms with Crippen LogP contribution in [0.4, 0.5) is 0 Å². The predicted octanol–water partition coefficient (Wildman–Crippen LogP) is -0.237. The van der Waals surface area contributed by atoms with Crippen molar-refractivity contribution in [3.05, 3.63) is 0 Å². The first-order chi connectivity index (χ1) is 8.34. The molecule has 0 saturated carbocycles. The second-order valence-corrected chi connectivity index (χ2v) is 6.60. The Bertz CT molecular complexity index is 375. The fraction of sp³-hybridized carbons (Fsp3) is 0.909. The monoisotopic (exact) mass is 278 g/mol. The molecule has 1 aliphatic rings. The van der Waals surface area contributed by atoms with E-state index in [1.807, 2.05) is 6.92 Å². The number of nitrogens with zero attached hydrogens (tertiary/aromatic N) is 2. The minimum Gasteiger partial charge on any atom is -0.466 e. The molecule has 1 heterocycles. The molecule has 1 saturated heterocycles. The molecule has 0 aromatic carbocycles. The lowest BCUT2D eigenvalue weighted by Gasteiger charge is -2.34. The molecule has 0 aromatic heterocycles. The normalized spacial score (nSPS) is 20.6. The Hall–Kier alpha value is -0.660. The van der Waals surface area contributed by atoms with E-state index in [1.165, 1.54) is 10.6 Å². The van der Waals surface area contributed by atoms with Crippen LogP contribution in [0.1, 0.15) is 13.8 Å². The first-order valence-electron chi connectivity index (χ1n) is 6.18. The van der Waals surface area contributed by atoms with Gasteiger partial charge in [-0.05, 0) is 6.92 Å². The van der Waals surface area contributed by atoms with E-state index in [0.29, 0.717) is 39.3 Å². The highest BCUT2D eigenvalue weighted by atomic mass is 32.2. The Labute approximate surface area is 109 Å². The predicted molar refractivity (Wildman–Crippen MR) is 68.7 cm³/mol. The lowest BCUT2D eigenvalue weighted by Crippen LogP contribution is -2.49. The van der Waals surface area contributed by atoms with Crippen LogP contribution in [0.15, 0.2) is 0 Å². The van der Waals surface area contributed by atoms with Crippen LogP contribution in [0.3, 0.4) is 0 Å². The Morgan fingerprint density at radius 1 is 1.28 bits per heavy atom. The lowest BCUT2D eigenvalue weighted by molar-refractivity contribution is -0.148. The van der Waals surface area contributed by atoms with Crippen LogP contribution >= 0.6 is 0 Å². The molecule has 106 valence electrons. The van der Waals surface area contributed by atoms with Crippen LogP contribution in [-0.4, -0.2) is 69.2 Å². The van der Waals surface area contributed by atoms with Crippen molar-refractivity contribution < 1.29 is 17.9 Å². The van der Waals surface area contributed by atoms with E-state index in [0.717, 1.165) is 0 Å². The molecule has 1 unspecified atom stereocenters. The number of hydrogen-bond donors (Lipinski definition) is 0.